The van der Waals surface area contributed by atoms with Gasteiger partial charge < -0.3 is 19.9 Å². The molecule has 6 rings (SSSR count). The van der Waals surface area contributed by atoms with Crippen LogP contribution in [-0.2, 0) is 11.8 Å². The van der Waals surface area contributed by atoms with Crippen LogP contribution in [0.1, 0.15) is 12.5 Å². The summed E-state index contributed by atoms with van der Waals surface area (Å²) in [5.74, 6) is -0.638. The van der Waals surface area contributed by atoms with Gasteiger partial charge in [0.05, 0.1) is 16.7 Å². The number of nitrogens with one attached hydrogen (secondary N) is 1. The van der Waals surface area contributed by atoms with E-state index in [0.717, 1.165) is 11.6 Å². The van der Waals surface area contributed by atoms with Gasteiger partial charge in [0.25, 0.3) is 0 Å². The number of fused-ring (bicyclic) bond motifs is 2. The molecule has 0 unspecified atom stereocenters. The summed E-state index contributed by atoms with van der Waals surface area (Å²) in [4.78, 5) is 29.3. The van der Waals surface area contributed by atoms with Crippen molar-refractivity contribution >= 4 is 45.3 Å². The first kappa shape index (κ1) is 27.0. The maximum absolute atomic E-state index is 15.6. The summed E-state index contributed by atoms with van der Waals surface area (Å²) in [5.41, 5.74) is 2.11. The van der Waals surface area contributed by atoms with E-state index in [1.807, 2.05) is 13.0 Å². The van der Waals surface area contributed by atoms with Crippen molar-refractivity contribution in [3.63, 3.8) is 0 Å². The van der Waals surface area contributed by atoms with Crippen molar-refractivity contribution in [3.8, 4) is 11.5 Å². The van der Waals surface area contributed by atoms with Gasteiger partial charge >= 0.3 is 0 Å². The van der Waals surface area contributed by atoms with E-state index in [1.54, 1.807) is 40.9 Å². The maximum atomic E-state index is 15.6. The standard InChI is InChI=1S/C29H27F2N9O2/c1-5-25(41)40-11-10-39(14-16(40)2)24-9-7-20-27(35-24)29(33-15-32-20)34-22-13-19(30)28(17(3)26(22)31)42-18-6-8-23-21(12-18)36-37-38(23)4/h5-9,12-13,15-16H,1,10-11,14H2,2-4H3,(H,32,33,34)/t16-/m1/s1. The number of rotatable bonds is 6. The summed E-state index contributed by atoms with van der Waals surface area (Å²) < 4.78 is 38.2. The highest BCUT2D eigenvalue weighted by molar-refractivity contribution is 5.89. The number of halogens is 2. The van der Waals surface area contributed by atoms with Gasteiger partial charge in [-0.3, -0.25) is 4.79 Å². The summed E-state index contributed by atoms with van der Waals surface area (Å²) in [6.07, 6.45) is 2.64. The third-order valence-electron chi connectivity index (χ3n) is 7.33. The largest absolute Gasteiger partial charge is 0.454 e. The number of carbonyl (C=O) groups is 1. The van der Waals surface area contributed by atoms with Gasteiger partial charge in [-0.05, 0) is 44.2 Å². The summed E-state index contributed by atoms with van der Waals surface area (Å²) in [6, 6.07) is 9.60. The quantitative estimate of drug-likeness (QED) is 0.291. The summed E-state index contributed by atoms with van der Waals surface area (Å²) in [7, 11) is 1.76. The summed E-state index contributed by atoms with van der Waals surface area (Å²) in [5, 5.41) is 10.9. The number of piperazine rings is 1. The number of benzene rings is 2. The number of carbonyl (C=O) groups excluding carboxylic acids is 1. The molecule has 42 heavy (non-hydrogen) atoms. The van der Waals surface area contributed by atoms with Crippen molar-refractivity contribution in [2.75, 3.05) is 29.9 Å². The van der Waals surface area contributed by atoms with Crippen LogP contribution >= 0.6 is 0 Å². The molecule has 0 saturated carbocycles. The first-order valence-electron chi connectivity index (χ1n) is 13.3. The zero-order chi connectivity index (χ0) is 29.5. The van der Waals surface area contributed by atoms with Gasteiger partial charge in [-0.2, -0.15) is 0 Å². The minimum atomic E-state index is -0.761. The average Bonchev–Trinajstić information content (AvgIpc) is 3.37. The molecule has 0 bridgehead atoms. The van der Waals surface area contributed by atoms with Crippen LogP contribution in [0.5, 0.6) is 11.5 Å². The zero-order valence-corrected chi connectivity index (χ0v) is 23.2. The molecule has 1 amide bonds. The number of amides is 1. The average molecular weight is 572 g/mol. The van der Waals surface area contributed by atoms with Crippen molar-refractivity contribution in [3.05, 3.63) is 72.6 Å². The molecule has 214 valence electrons. The predicted molar refractivity (Wildman–Crippen MR) is 154 cm³/mol. The van der Waals surface area contributed by atoms with Crippen LogP contribution in [0.4, 0.5) is 26.1 Å². The molecule has 1 saturated heterocycles. The van der Waals surface area contributed by atoms with Crippen molar-refractivity contribution in [2.45, 2.75) is 19.9 Å². The molecule has 0 spiro atoms. The van der Waals surface area contributed by atoms with Crippen LogP contribution in [0, 0.1) is 18.6 Å². The Balaban J connectivity index is 1.28. The Hall–Kier alpha value is -5.20. The highest BCUT2D eigenvalue weighted by atomic mass is 19.1. The number of anilines is 3. The van der Waals surface area contributed by atoms with Crippen LogP contribution < -0.4 is 15.0 Å². The van der Waals surface area contributed by atoms with Crippen molar-refractivity contribution in [1.82, 2.24) is 34.8 Å². The minimum Gasteiger partial charge on any atom is -0.454 e. The lowest BCUT2D eigenvalue weighted by Gasteiger charge is -2.40. The number of nitrogens with zero attached hydrogens (tertiary/aromatic N) is 8. The highest BCUT2D eigenvalue weighted by Gasteiger charge is 2.27. The smallest absolute Gasteiger partial charge is 0.246 e. The molecule has 1 aliphatic rings. The molecular weight excluding hydrogens is 544 g/mol. The molecule has 1 N–H and O–H groups in total. The van der Waals surface area contributed by atoms with E-state index in [-0.39, 0.29) is 34.8 Å². The fourth-order valence-electron chi connectivity index (χ4n) is 5.09. The molecule has 3 aromatic heterocycles. The Labute approximate surface area is 239 Å². The number of aryl methyl sites for hydroxylation is 1. The van der Waals surface area contributed by atoms with Crippen LogP contribution in [0.2, 0.25) is 0 Å². The van der Waals surface area contributed by atoms with E-state index >= 15 is 8.78 Å². The van der Waals surface area contributed by atoms with E-state index in [4.69, 9.17) is 9.72 Å². The lowest BCUT2D eigenvalue weighted by molar-refractivity contribution is -0.128. The number of hydrogen-bond acceptors (Lipinski definition) is 9. The van der Waals surface area contributed by atoms with Crippen molar-refractivity contribution in [1.29, 1.82) is 0 Å². The molecule has 2 aromatic carbocycles. The lowest BCUT2D eigenvalue weighted by Crippen LogP contribution is -2.53. The zero-order valence-electron chi connectivity index (χ0n) is 23.2. The van der Waals surface area contributed by atoms with Crippen LogP contribution in [0.15, 0.2) is 55.4 Å². The SMILES string of the molecule is C=CC(=O)N1CCN(c2ccc3ncnc(Nc4cc(F)c(Oc5ccc6c(c5)nnn6C)c(C)c4F)c3n2)C[C@H]1C. The van der Waals surface area contributed by atoms with E-state index in [9.17, 15) is 4.79 Å². The van der Waals surface area contributed by atoms with Crippen LogP contribution in [-0.4, -0.2) is 66.4 Å². The Kier molecular flexibility index (Phi) is 6.85. The van der Waals surface area contributed by atoms with Gasteiger partial charge in [-0.1, -0.05) is 11.8 Å². The second-order valence-electron chi connectivity index (χ2n) is 10.1. The van der Waals surface area contributed by atoms with E-state index < -0.39 is 11.6 Å². The number of pyridine rings is 1. The van der Waals surface area contributed by atoms with E-state index in [2.05, 4.69) is 37.1 Å². The first-order valence-corrected chi connectivity index (χ1v) is 13.3. The van der Waals surface area contributed by atoms with E-state index in [0.29, 0.717) is 47.8 Å². The molecule has 4 heterocycles. The van der Waals surface area contributed by atoms with Gasteiger partial charge in [0.2, 0.25) is 5.91 Å². The van der Waals surface area contributed by atoms with Gasteiger partial charge in [-0.15, -0.1) is 5.10 Å². The Morgan fingerprint density at radius 3 is 2.76 bits per heavy atom. The summed E-state index contributed by atoms with van der Waals surface area (Å²) >= 11 is 0. The fourth-order valence-corrected chi connectivity index (χ4v) is 5.09. The molecule has 5 aromatic rings. The molecule has 1 atom stereocenters. The van der Waals surface area contributed by atoms with Gasteiger partial charge in [-0.25, -0.2) is 28.4 Å². The summed E-state index contributed by atoms with van der Waals surface area (Å²) in [6.45, 7) is 8.64. The van der Waals surface area contributed by atoms with Gasteiger partial charge in [0, 0.05) is 50.4 Å². The lowest BCUT2D eigenvalue weighted by atomic mass is 10.1. The maximum Gasteiger partial charge on any atom is 0.246 e. The molecule has 1 fully saturated rings. The molecule has 1 aliphatic heterocycles. The highest BCUT2D eigenvalue weighted by Crippen LogP contribution is 2.36. The number of hydrogen-bond donors (Lipinski definition) is 1. The number of ether oxygens (including phenoxy) is 1. The third kappa shape index (κ3) is 4.82. The molecule has 0 aliphatic carbocycles. The van der Waals surface area contributed by atoms with E-state index in [1.165, 1.54) is 19.3 Å². The van der Waals surface area contributed by atoms with Crippen LogP contribution in [0.3, 0.4) is 0 Å². The monoisotopic (exact) mass is 571 g/mol. The first-order chi connectivity index (χ1) is 20.2. The Bertz CT molecular complexity index is 1860. The van der Waals surface area contributed by atoms with Gasteiger partial charge in [0.1, 0.15) is 28.9 Å². The minimum absolute atomic E-state index is 0.0234. The molecule has 0 radical (unpaired) electrons. The number of aromatic nitrogens is 6. The third-order valence-corrected chi connectivity index (χ3v) is 7.33. The normalized spacial score (nSPS) is 15.3. The van der Waals surface area contributed by atoms with Crippen LogP contribution in [0.25, 0.3) is 22.1 Å². The molecule has 11 nitrogen and oxygen atoms in total. The second-order valence-corrected chi connectivity index (χ2v) is 10.1. The predicted octanol–water partition coefficient (Wildman–Crippen LogP) is 4.65. The van der Waals surface area contributed by atoms with Gasteiger partial charge in [0.15, 0.2) is 23.2 Å². The molecular formula is C29H27F2N9O2. The van der Waals surface area contributed by atoms with Crippen molar-refractivity contribution in [2.24, 2.45) is 7.05 Å². The Morgan fingerprint density at radius 2 is 1.98 bits per heavy atom. The van der Waals surface area contributed by atoms with Crippen molar-refractivity contribution < 1.29 is 18.3 Å². The second kappa shape index (κ2) is 10.7. The fraction of sp³-hybridized carbons (Fsp3) is 0.241. The Morgan fingerprint density at radius 1 is 1.14 bits per heavy atom. The topological polar surface area (TPSA) is 114 Å². The molecule has 13 heteroatoms.